The summed E-state index contributed by atoms with van der Waals surface area (Å²) in [6.07, 6.45) is 0. The Labute approximate surface area is 113 Å². The van der Waals surface area contributed by atoms with Gasteiger partial charge in [0.2, 0.25) is 0 Å². The van der Waals surface area contributed by atoms with Crippen LogP contribution in [0.25, 0.3) is 27.5 Å². The molecule has 0 bridgehead atoms. The number of rotatable bonds is 0. The van der Waals surface area contributed by atoms with Gasteiger partial charge < -0.3 is 8.97 Å². The van der Waals surface area contributed by atoms with Crippen LogP contribution in [0.1, 0.15) is 0 Å². The summed E-state index contributed by atoms with van der Waals surface area (Å²) in [4.78, 5) is 12.4. The average Bonchev–Trinajstić information content (AvgIpc) is 2.83. The van der Waals surface area contributed by atoms with Gasteiger partial charge in [0.15, 0.2) is 0 Å². The third kappa shape index (κ3) is 1.30. The minimum atomic E-state index is -0.297. The lowest BCUT2D eigenvalue weighted by Crippen LogP contribution is -2.19. The maximum atomic E-state index is 13.4. The Morgan fingerprint density at radius 1 is 0.900 bits per heavy atom. The van der Waals surface area contributed by atoms with Gasteiger partial charge in [0.05, 0.1) is 16.6 Å². The standard InChI is InChI=1S/C16H11FN2O/c1-18-13-4-2-3-5-14(13)19-12-7-6-11(17)8-10(12)9-15(19)16(18)20/h2-9H,1H3. The van der Waals surface area contributed by atoms with Crippen LogP contribution in [-0.4, -0.2) is 8.97 Å². The molecular formula is C16H11FN2O. The molecule has 0 fully saturated rings. The van der Waals surface area contributed by atoms with Crippen molar-refractivity contribution in [3.63, 3.8) is 0 Å². The van der Waals surface area contributed by atoms with E-state index < -0.39 is 0 Å². The van der Waals surface area contributed by atoms with Gasteiger partial charge >= 0.3 is 0 Å². The summed E-state index contributed by atoms with van der Waals surface area (Å²) in [7, 11) is 1.75. The fourth-order valence-corrected chi connectivity index (χ4v) is 2.82. The first-order valence-corrected chi connectivity index (χ1v) is 6.35. The van der Waals surface area contributed by atoms with Crippen LogP contribution in [0.3, 0.4) is 0 Å². The molecule has 0 N–H and O–H groups in total. The second-order valence-corrected chi connectivity index (χ2v) is 4.92. The molecule has 2 aromatic carbocycles. The van der Waals surface area contributed by atoms with Gasteiger partial charge in [-0.2, -0.15) is 0 Å². The molecule has 0 saturated carbocycles. The van der Waals surface area contributed by atoms with Crippen LogP contribution >= 0.6 is 0 Å². The van der Waals surface area contributed by atoms with Gasteiger partial charge in [-0.25, -0.2) is 4.39 Å². The molecule has 98 valence electrons. The first kappa shape index (κ1) is 11.2. The van der Waals surface area contributed by atoms with E-state index in [0.717, 1.165) is 21.9 Å². The van der Waals surface area contributed by atoms with Crippen LogP contribution in [-0.2, 0) is 7.05 Å². The molecule has 0 unspecified atom stereocenters. The molecule has 4 aromatic rings. The molecule has 0 spiro atoms. The van der Waals surface area contributed by atoms with Crippen molar-refractivity contribution in [2.45, 2.75) is 0 Å². The maximum Gasteiger partial charge on any atom is 0.275 e. The number of aromatic nitrogens is 2. The average molecular weight is 266 g/mol. The third-order valence-corrected chi connectivity index (χ3v) is 3.77. The summed E-state index contributed by atoms with van der Waals surface area (Å²) >= 11 is 0. The molecule has 0 aliphatic rings. The van der Waals surface area contributed by atoms with Crippen LogP contribution in [0.4, 0.5) is 4.39 Å². The minimum absolute atomic E-state index is 0.0830. The quantitative estimate of drug-likeness (QED) is 0.480. The van der Waals surface area contributed by atoms with E-state index in [2.05, 4.69) is 0 Å². The Bertz CT molecular complexity index is 1040. The fourth-order valence-electron chi connectivity index (χ4n) is 2.82. The number of hydrogen-bond donors (Lipinski definition) is 0. The summed E-state index contributed by atoms with van der Waals surface area (Å²) < 4.78 is 16.9. The van der Waals surface area contributed by atoms with Gasteiger partial charge in [0.1, 0.15) is 11.3 Å². The van der Waals surface area contributed by atoms with E-state index >= 15 is 0 Å². The molecule has 0 atom stereocenters. The van der Waals surface area contributed by atoms with Crippen LogP contribution in [0.5, 0.6) is 0 Å². The Balaban J connectivity index is 2.42. The molecule has 0 radical (unpaired) electrons. The van der Waals surface area contributed by atoms with E-state index in [1.165, 1.54) is 12.1 Å². The smallest absolute Gasteiger partial charge is 0.275 e. The molecule has 3 nitrogen and oxygen atoms in total. The van der Waals surface area contributed by atoms with E-state index in [1.807, 2.05) is 28.7 Å². The maximum absolute atomic E-state index is 13.4. The SMILES string of the molecule is Cn1c(=O)c2cc3cc(F)ccc3n2c2ccccc21. The number of aryl methyl sites for hydroxylation is 1. The zero-order valence-electron chi connectivity index (χ0n) is 10.8. The lowest BCUT2D eigenvalue weighted by molar-refractivity contribution is 0.629. The van der Waals surface area contributed by atoms with Gasteiger partial charge in [-0.3, -0.25) is 4.79 Å². The van der Waals surface area contributed by atoms with Crippen molar-refractivity contribution < 1.29 is 4.39 Å². The lowest BCUT2D eigenvalue weighted by Gasteiger charge is -2.08. The van der Waals surface area contributed by atoms with Crippen molar-refractivity contribution in [3.05, 3.63) is 64.7 Å². The van der Waals surface area contributed by atoms with Crippen molar-refractivity contribution in [1.82, 2.24) is 8.97 Å². The van der Waals surface area contributed by atoms with E-state index in [0.29, 0.717) is 5.52 Å². The molecule has 0 amide bonds. The van der Waals surface area contributed by atoms with Crippen LogP contribution in [0.15, 0.2) is 53.3 Å². The third-order valence-electron chi connectivity index (χ3n) is 3.77. The zero-order chi connectivity index (χ0) is 13.9. The van der Waals surface area contributed by atoms with Crippen molar-refractivity contribution in [1.29, 1.82) is 0 Å². The first-order valence-electron chi connectivity index (χ1n) is 6.35. The number of benzene rings is 2. The minimum Gasteiger partial charge on any atom is -0.308 e. The van der Waals surface area contributed by atoms with Gasteiger partial charge in [0.25, 0.3) is 5.56 Å². The highest BCUT2D eigenvalue weighted by Crippen LogP contribution is 2.23. The molecule has 4 heteroatoms. The molecular weight excluding hydrogens is 255 g/mol. The predicted molar refractivity (Wildman–Crippen MR) is 77.6 cm³/mol. The number of nitrogens with zero attached hydrogens (tertiary/aromatic N) is 2. The van der Waals surface area contributed by atoms with E-state index in [4.69, 9.17) is 0 Å². The van der Waals surface area contributed by atoms with Gasteiger partial charge in [-0.15, -0.1) is 0 Å². The Kier molecular flexibility index (Phi) is 2.07. The first-order chi connectivity index (χ1) is 9.66. The molecule has 20 heavy (non-hydrogen) atoms. The lowest BCUT2D eigenvalue weighted by atomic mass is 10.2. The monoisotopic (exact) mass is 266 g/mol. The second-order valence-electron chi connectivity index (χ2n) is 4.92. The molecule has 0 saturated heterocycles. The Hall–Kier alpha value is -2.62. The van der Waals surface area contributed by atoms with Crippen LogP contribution < -0.4 is 5.56 Å². The molecule has 2 aromatic heterocycles. The van der Waals surface area contributed by atoms with Crippen LogP contribution in [0, 0.1) is 5.82 Å². The normalized spacial score (nSPS) is 11.7. The number of para-hydroxylation sites is 2. The largest absolute Gasteiger partial charge is 0.308 e. The van der Waals surface area contributed by atoms with E-state index in [9.17, 15) is 9.18 Å². The summed E-state index contributed by atoms with van der Waals surface area (Å²) in [6, 6.07) is 14.0. The number of hydrogen-bond acceptors (Lipinski definition) is 1. The Morgan fingerprint density at radius 3 is 2.45 bits per heavy atom. The van der Waals surface area contributed by atoms with Crippen LogP contribution in [0.2, 0.25) is 0 Å². The van der Waals surface area contributed by atoms with E-state index in [1.54, 1.807) is 23.7 Å². The second kappa shape index (κ2) is 3.70. The summed E-state index contributed by atoms with van der Waals surface area (Å²) in [6.45, 7) is 0. The topological polar surface area (TPSA) is 26.4 Å². The Morgan fingerprint density at radius 2 is 1.65 bits per heavy atom. The number of fused-ring (bicyclic) bond motifs is 5. The van der Waals surface area contributed by atoms with Gasteiger partial charge in [-0.1, -0.05) is 12.1 Å². The fraction of sp³-hybridized carbons (Fsp3) is 0.0625. The molecule has 0 aliphatic carbocycles. The molecule has 4 rings (SSSR count). The highest BCUT2D eigenvalue weighted by atomic mass is 19.1. The predicted octanol–water partition coefficient (Wildman–Crippen LogP) is 3.08. The molecule has 0 aliphatic heterocycles. The highest BCUT2D eigenvalue weighted by Gasteiger charge is 2.12. The van der Waals surface area contributed by atoms with Crippen molar-refractivity contribution in [2.24, 2.45) is 7.05 Å². The highest BCUT2D eigenvalue weighted by molar-refractivity contribution is 5.93. The van der Waals surface area contributed by atoms with Crippen molar-refractivity contribution in [3.8, 4) is 0 Å². The zero-order valence-corrected chi connectivity index (χ0v) is 10.8. The van der Waals surface area contributed by atoms with Crippen molar-refractivity contribution in [2.75, 3.05) is 0 Å². The molecule has 2 heterocycles. The number of halogens is 1. The van der Waals surface area contributed by atoms with Gasteiger partial charge in [0, 0.05) is 12.4 Å². The van der Waals surface area contributed by atoms with E-state index in [-0.39, 0.29) is 11.4 Å². The van der Waals surface area contributed by atoms with Gasteiger partial charge in [-0.05, 0) is 36.4 Å². The summed E-state index contributed by atoms with van der Waals surface area (Å²) in [5.41, 5.74) is 3.11. The summed E-state index contributed by atoms with van der Waals surface area (Å²) in [5.74, 6) is -0.297. The summed E-state index contributed by atoms with van der Waals surface area (Å²) in [5, 5.41) is 0.735. The van der Waals surface area contributed by atoms with Crippen molar-refractivity contribution >= 4 is 27.5 Å².